The Morgan fingerprint density at radius 3 is 2.41 bits per heavy atom. The van der Waals surface area contributed by atoms with Crippen LogP contribution in [0.1, 0.15) is 11.1 Å². The molecule has 0 aliphatic heterocycles. The SMILES string of the molecule is C=C1c2ccccc2-c2sc3ccccc3c21. The lowest BCUT2D eigenvalue weighted by Crippen LogP contribution is -1.78. The van der Waals surface area contributed by atoms with Gasteiger partial charge in [-0.2, -0.15) is 0 Å². The summed E-state index contributed by atoms with van der Waals surface area (Å²) >= 11 is 1.87. The maximum absolute atomic E-state index is 4.27. The van der Waals surface area contributed by atoms with Crippen LogP contribution >= 0.6 is 11.3 Å². The highest BCUT2D eigenvalue weighted by Gasteiger charge is 2.25. The zero-order valence-electron chi connectivity index (χ0n) is 9.23. The number of benzene rings is 2. The standard InChI is InChI=1S/C16H10S/c1-10-11-6-2-3-7-12(11)16-15(10)13-8-4-5-9-14(13)17-16/h2-9H,1H2. The summed E-state index contributed by atoms with van der Waals surface area (Å²) in [5.41, 5.74) is 5.15. The van der Waals surface area contributed by atoms with Crippen LogP contribution in [0.2, 0.25) is 0 Å². The summed E-state index contributed by atoms with van der Waals surface area (Å²) < 4.78 is 1.35. The van der Waals surface area contributed by atoms with E-state index in [-0.39, 0.29) is 0 Å². The molecule has 0 saturated carbocycles. The number of thiophene rings is 1. The van der Waals surface area contributed by atoms with Crippen molar-refractivity contribution in [2.24, 2.45) is 0 Å². The van der Waals surface area contributed by atoms with Gasteiger partial charge in [0.05, 0.1) is 0 Å². The van der Waals surface area contributed by atoms with Gasteiger partial charge in [0.2, 0.25) is 0 Å². The maximum Gasteiger partial charge on any atom is 0.0440 e. The first kappa shape index (κ1) is 9.20. The van der Waals surface area contributed by atoms with Gasteiger partial charge in [-0.3, -0.25) is 0 Å². The molecule has 1 aromatic heterocycles. The molecular formula is C16H10S. The van der Waals surface area contributed by atoms with E-state index in [4.69, 9.17) is 0 Å². The molecule has 0 bridgehead atoms. The van der Waals surface area contributed by atoms with Crippen molar-refractivity contribution in [3.63, 3.8) is 0 Å². The Kier molecular flexibility index (Phi) is 1.67. The molecule has 0 unspecified atom stereocenters. The van der Waals surface area contributed by atoms with Crippen molar-refractivity contribution < 1.29 is 0 Å². The molecule has 0 saturated heterocycles. The normalized spacial score (nSPS) is 12.8. The molecule has 0 N–H and O–H groups in total. The first-order valence-electron chi connectivity index (χ1n) is 5.67. The third-order valence-electron chi connectivity index (χ3n) is 3.39. The highest BCUT2D eigenvalue weighted by molar-refractivity contribution is 7.22. The first-order valence-corrected chi connectivity index (χ1v) is 6.48. The minimum atomic E-state index is 1.17. The fraction of sp³-hybridized carbons (Fsp3) is 0. The van der Waals surface area contributed by atoms with Gasteiger partial charge in [-0.15, -0.1) is 11.3 Å². The van der Waals surface area contributed by atoms with Crippen LogP contribution in [0.4, 0.5) is 0 Å². The second-order valence-corrected chi connectivity index (χ2v) is 5.38. The number of fused-ring (bicyclic) bond motifs is 5. The minimum absolute atomic E-state index is 1.17. The van der Waals surface area contributed by atoms with Crippen LogP contribution in [0.5, 0.6) is 0 Å². The van der Waals surface area contributed by atoms with Gasteiger partial charge >= 0.3 is 0 Å². The number of rotatable bonds is 0. The van der Waals surface area contributed by atoms with Gasteiger partial charge in [0.1, 0.15) is 0 Å². The fourth-order valence-electron chi connectivity index (χ4n) is 2.61. The number of hydrogen-bond acceptors (Lipinski definition) is 1. The van der Waals surface area contributed by atoms with E-state index in [0.717, 1.165) is 0 Å². The van der Waals surface area contributed by atoms with Gasteiger partial charge in [0, 0.05) is 26.1 Å². The Morgan fingerprint density at radius 2 is 1.53 bits per heavy atom. The third kappa shape index (κ3) is 1.07. The molecule has 17 heavy (non-hydrogen) atoms. The molecule has 4 rings (SSSR count). The fourth-order valence-corrected chi connectivity index (χ4v) is 3.88. The minimum Gasteiger partial charge on any atom is -0.135 e. The van der Waals surface area contributed by atoms with Gasteiger partial charge in [0.25, 0.3) is 0 Å². The predicted octanol–water partition coefficient (Wildman–Crippen LogP) is 4.94. The topological polar surface area (TPSA) is 0 Å². The van der Waals surface area contributed by atoms with Crippen molar-refractivity contribution in [1.82, 2.24) is 0 Å². The second-order valence-electron chi connectivity index (χ2n) is 4.33. The summed E-state index contributed by atoms with van der Waals surface area (Å²) in [6, 6.07) is 17.1. The molecule has 1 aliphatic rings. The summed E-state index contributed by atoms with van der Waals surface area (Å²) in [7, 11) is 0. The molecule has 1 aliphatic carbocycles. The zero-order valence-corrected chi connectivity index (χ0v) is 10.1. The van der Waals surface area contributed by atoms with E-state index < -0.39 is 0 Å². The molecule has 2 aromatic carbocycles. The maximum atomic E-state index is 4.27. The second kappa shape index (κ2) is 3.08. The smallest absolute Gasteiger partial charge is 0.0440 e. The molecule has 80 valence electrons. The molecule has 0 amide bonds. The van der Waals surface area contributed by atoms with Gasteiger partial charge in [-0.1, -0.05) is 49.0 Å². The molecule has 0 fully saturated rings. The summed E-state index contributed by atoms with van der Waals surface area (Å²) in [6.07, 6.45) is 0. The van der Waals surface area contributed by atoms with Gasteiger partial charge in [0.15, 0.2) is 0 Å². The molecule has 0 spiro atoms. The molecule has 3 aromatic rings. The monoisotopic (exact) mass is 234 g/mol. The van der Waals surface area contributed by atoms with Crippen molar-refractivity contribution in [2.75, 3.05) is 0 Å². The van der Waals surface area contributed by atoms with E-state index in [9.17, 15) is 0 Å². The van der Waals surface area contributed by atoms with E-state index in [1.54, 1.807) is 0 Å². The molecule has 1 heterocycles. The largest absolute Gasteiger partial charge is 0.135 e. The lowest BCUT2D eigenvalue weighted by atomic mass is 10.0. The van der Waals surface area contributed by atoms with E-state index in [0.29, 0.717) is 0 Å². The van der Waals surface area contributed by atoms with Crippen LogP contribution in [0, 0.1) is 0 Å². The lowest BCUT2D eigenvalue weighted by molar-refractivity contribution is 1.67. The molecular weight excluding hydrogens is 224 g/mol. The Labute approximate surface area is 104 Å². The average molecular weight is 234 g/mol. The van der Waals surface area contributed by atoms with Crippen LogP contribution in [0.25, 0.3) is 26.1 Å². The Hall–Kier alpha value is -1.86. The molecule has 1 heteroatoms. The van der Waals surface area contributed by atoms with Gasteiger partial charge in [-0.25, -0.2) is 0 Å². The van der Waals surface area contributed by atoms with E-state index in [2.05, 4.69) is 55.1 Å². The summed E-state index contributed by atoms with van der Waals surface area (Å²) in [6.45, 7) is 4.27. The Morgan fingerprint density at radius 1 is 0.824 bits per heavy atom. The van der Waals surface area contributed by atoms with Crippen molar-refractivity contribution in [3.05, 3.63) is 66.2 Å². The quantitative estimate of drug-likeness (QED) is 0.404. The number of hydrogen-bond donors (Lipinski definition) is 0. The Balaban J connectivity index is 2.19. The average Bonchev–Trinajstić information content (AvgIpc) is 2.88. The zero-order chi connectivity index (χ0) is 11.4. The van der Waals surface area contributed by atoms with Gasteiger partial charge < -0.3 is 0 Å². The van der Waals surface area contributed by atoms with Crippen LogP contribution in [0.3, 0.4) is 0 Å². The van der Waals surface area contributed by atoms with E-state index in [1.807, 2.05) is 11.3 Å². The summed E-state index contributed by atoms with van der Waals surface area (Å²) in [5.74, 6) is 0. The van der Waals surface area contributed by atoms with Crippen LogP contribution in [-0.4, -0.2) is 0 Å². The molecule has 0 atom stereocenters. The van der Waals surface area contributed by atoms with E-state index in [1.165, 1.54) is 37.2 Å². The third-order valence-corrected chi connectivity index (χ3v) is 4.60. The van der Waals surface area contributed by atoms with Crippen molar-refractivity contribution in [1.29, 1.82) is 0 Å². The van der Waals surface area contributed by atoms with Crippen LogP contribution in [-0.2, 0) is 0 Å². The van der Waals surface area contributed by atoms with Crippen molar-refractivity contribution in [3.8, 4) is 10.4 Å². The van der Waals surface area contributed by atoms with E-state index >= 15 is 0 Å². The first-order chi connectivity index (χ1) is 8.36. The summed E-state index contributed by atoms with van der Waals surface area (Å²) in [4.78, 5) is 1.38. The van der Waals surface area contributed by atoms with Crippen LogP contribution < -0.4 is 0 Å². The van der Waals surface area contributed by atoms with Crippen molar-refractivity contribution in [2.45, 2.75) is 0 Å². The van der Waals surface area contributed by atoms with Crippen LogP contribution in [0.15, 0.2) is 55.1 Å². The highest BCUT2D eigenvalue weighted by atomic mass is 32.1. The predicted molar refractivity (Wildman–Crippen MR) is 75.4 cm³/mol. The molecule has 0 radical (unpaired) electrons. The highest BCUT2D eigenvalue weighted by Crippen LogP contribution is 2.50. The lowest BCUT2D eigenvalue weighted by Gasteiger charge is -2.00. The van der Waals surface area contributed by atoms with Crippen molar-refractivity contribution >= 4 is 27.0 Å². The Bertz CT molecular complexity index is 762. The summed E-state index contributed by atoms with van der Waals surface area (Å²) in [5, 5.41) is 1.34. The van der Waals surface area contributed by atoms with Gasteiger partial charge in [-0.05, 0) is 17.2 Å². The molecule has 0 nitrogen and oxygen atoms in total.